The minimum atomic E-state index is -0.399. The molecule has 0 aliphatic carbocycles. The Hall–Kier alpha value is -2.84. The Balaban J connectivity index is 1.74. The molecule has 4 aromatic rings. The number of methoxy groups -OCH3 is 1. The highest BCUT2D eigenvalue weighted by Gasteiger charge is 2.13. The van der Waals surface area contributed by atoms with E-state index >= 15 is 0 Å². The van der Waals surface area contributed by atoms with Crippen molar-refractivity contribution in [3.05, 3.63) is 79.0 Å². The van der Waals surface area contributed by atoms with E-state index in [4.69, 9.17) is 0 Å². The van der Waals surface area contributed by atoms with Gasteiger partial charge in [0.05, 0.1) is 17.2 Å². The highest BCUT2D eigenvalue weighted by Crippen LogP contribution is 2.25. The fourth-order valence-corrected chi connectivity index (χ4v) is 3.94. The Kier molecular flexibility index (Phi) is 4.59. The molecule has 0 fully saturated rings. The largest absolute Gasteiger partial charge is 0.465 e. The van der Waals surface area contributed by atoms with Crippen LogP contribution in [0.2, 0.25) is 0 Å². The van der Waals surface area contributed by atoms with E-state index in [0.717, 1.165) is 15.6 Å². The predicted molar refractivity (Wildman–Crippen MR) is 107 cm³/mol. The number of thiazole rings is 1. The molecule has 0 spiro atoms. The van der Waals surface area contributed by atoms with E-state index in [1.807, 2.05) is 24.3 Å². The summed E-state index contributed by atoms with van der Waals surface area (Å²) in [5.74, 6) is 0.101. The first kappa shape index (κ1) is 17.6. The van der Waals surface area contributed by atoms with E-state index in [2.05, 4.69) is 30.7 Å². The highest BCUT2D eigenvalue weighted by molar-refractivity contribution is 9.10. The van der Waals surface area contributed by atoms with Crippen molar-refractivity contribution in [1.82, 2.24) is 14.6 Å². The Morgan fingerprint density at radius 3 is 2.59 bits per heavy atom. The number of halogens is 1. The summed E-state index contributed by atoms with van der Waals surface area (Å²) in [4.78, 5) is 29.1. The summed E-state index contributed by atoms with van der Waals surface area (Å²) in [6, 6.07) is 14.4. The Labute approximate surface area is 165 Å². The average Bonchev–Trinajstić information content (AvgIpc) is 3.22. The zero-order valence-corrected chi connectivity index (χ0v) is 16.5. The van der Waals surface area contributed by atoms with Crippen LogP contribution in [0.4, 0.5) is 0 Å². The number of benzene rings is 2. The van der Waals surface area contributed by atoms with Crippen molar-refractivity contribution in [2.75, 3.05) is 7.11 Å². The lowest BCUT2D eigenvalue weighted by Crippen LogP contribution is -2.23. The van der Waals surface area contributed by atoms with Gasteiger partial charge in [-0.15, -0.1) is 5.10 Å². The number of nitrogens with zero attached hydrogens (tertiary/aromatic N) is 3. The third-order valence-corrected chi connectivity index (χ3v) is 5.58. The molecule has 2 heterocycles. The summed E-state index contributed by atoms with van der Waals surface area (Å²) in [5, 5.41) is 4.35. The average molecular weight is 442 g/mol. The fraction of sp³-hybridized carbons (Fsp3) is 0.0526. The van der Waals surface area contributed by atoms with Gasteiger partial charge in [0, 0.05) is 10.0 Å². The first-order valence-corrected chi connectivity index (χ1v) is 9.52. The SMILES string of the molecule is COC(=O)c1ccc(/C=c2\sc3nc(-c4ccccc4Br)nn3c2=O)cc1. The van der Waals surface area contributed by atoms with Gasteiger partial charge in [-0.05, 0) is 35.9 Å². The maximum absolute atomic E-state index is 12.6. The lowest BCUT2D eigenvalue weighted by Gasteiger charge is -1.98. The quantitative estimate of drug-likeness (QED) is 0.457. The van der Waals surface area contributed by atoms with Gasteiger partial charge in [-0.25, -0.2) is 4.79 Å². The molecule has 0 aliphatic rings. The lowest BCUT2D eigenvalue weighted by molar-refractivity contribution is 0.0600. The van der Waals surface area contributed by atoms with Crippen molar-refractivity contribution >= 4 is 44.3 Å². The molecule has 0 aliphatic heterocycles. The molecule has 134 valence electrons. The van der Waals surface area contributed by atoms with Gasteiger partial charge in [-0.1, -0.05) is 51.5 Å². The lowest BCUT2D eigenvalue weighted by atomic mass is 10.1. The van der Waals surface area contributed by atoms with Crippen LogP contribution >= 0.6 is 27.3 Å². The number of carbonyl (C=O) groups is 1. The summed E-state index contributed by atoms with van der Waals surface area (Å²) in [7, 11) is 1.34. The molecule has 0 N–H and O–H groups in total. The Bertz CT molecular complexity index is 1260. The summed E-state index contributed by atoms with van der Waals surface area (Å²) in [6.07, 6.45) is 1.75. The van der Waals surface area contributed by atoms with Gasteiger partial charge in [-0.2, -0.15) is 9.50 Å². The molecule has 0 radical (unpaired) electrons. The van der Waals surface area contributed by atoms with Crippen LogP contribution < -0.4 is 10.1 Å². The van der Waals surface area contributed by atoms with Gasteiger partial charge in [0.25, 0.3) is 5.56 Å². The van der Waals surface area contributed by atoms with Gasteiger partial charge in [0.2, 0.25) is 4.96 Å². The number of aromatic nitrogens is 3. The van der Waals surface area contributed by atoms with Crippen molar-refractivity contribution < 1.29 is 9.53 Å². The number of rotatable bonds is 3. The molecule has 0 atom stereocenters. The number of hydrogen-bond donors (Lipinski definition) is 0. The second-order valence-electron chi connectivity index (χ2n) is 5.64. The smallest absolute Gasteiger partial charge is 0.337 e. The molecular weight excluding hydrogens is 430 g/mol. The van der Waals surface area contributed by atoms with E-state index in [1.165, 1.54) is 23.0 Å². The van der Waals surface area contributed by atoms with Crippen molar-refractivity contribution in [1.29, 1.82) is 0 Å². The van der Waals surface area contributed by atoms with Crippen LogP contribution in [0.15, 0.2) is 57.8 Å². The molecule has 0 saturated carbocycles. The number of ether oxygens (including phenoxy) is 1. The van der Waals surface area contributed by atoms with Crippen molar-refractivity contribution in [3.8, 4) is 11.4 Å². The molecule has 8 heteroatoms. The van der Waals surface area contributed by atoms with E-state index in [1.54, 1.807) is 30.3 Å². The molecule has 0 bridgehead atoms. The number of esters is 1. The molecule has 6 nitrogen and oxygen atoms in total. The standard InChI is InChI=1S/C19H12BrN3O3S/c1-26-18(25)12-8-6-11(7-9-12)10-15-17(24)23-19(27-15)21-16(22-23)13-4-2-3-5-14(13)20/h2-10H,1H3/b15-10-. The second-order valence-corrected chi connectivity index (χ2v) is 7.50. The van der Waals surface area contributed by atoms with Crippen LogP contribution in [-0.4, -0.2) is 27.7 Å². The molecule has 0 saturated heterocycles. The molecule has 2 aromatic heterocycles. The van der Waals surface area contributed by atoms with Gasteiger partial charge in [0.1, 0.15) is 0 Å². The monoisotopic (exact) mass is 441 g/mol. The summed E-state index contributed by atoms with van der Waals surface area (Å²) >= 11 is 4.74. The van der Waals surface area contributed by atoms with E-state index in [-0.39, 0.29) is 5.56 Å². The van der Waals surface area contributed by atoms with Crippen LogP contribution in [0.1, 0.15) is 15.9 Å². The minimum absolute atomic E-state index is 0.224. The third kappa shape index (κ3) is 3.29. The topological polar surface area (TPSA) is 73.6 Å². The van der Waals surface area contributed by atoms with Crippen molar-refractivity contribution in [2.24, 2.45) is 0 Å². The highest BCUT2D eigenvalue weighted by atomic mass is 79.9. The number of fused-ring (bicyclic) bond motifs is 1. The number of carbonyl (C=O) groups excluding carboxylic acids is 1. The Morgan fingerprint density at radius 1 is 1.19 bits per heavy atom. The van der Waals surface area contributed by atoms with Gasteiger partial charge in [-0.3, -0.25) is 4.79 Å². The molecule has 2 aromatic carbocycles. The van der Waals surface area contributed by atoms with Crippen LogP contribution in [0.3, 0.4) is 0 Å². The first-order valence-electron chi connectivity index (χ1n) is 7.91. The van der Waals surface area contributed by atoms with Gasteiger partial charge < -0.3 is 4.74 Å². The molecular formula is C19H12BrN3O3S. The van der Waals surface area contributed by atoms with Crippen LogP contribution in [0.25, 0.3) is 22.4 Å². The maximum atomic E-state index is 12.6. The summed E-state index contributed by atoms with van der Waals surface area (Å²) in [5.41, 5.74) is 1.86. The zero-order valence-electron chi connectivity index (χ0n) is 14.0. The molecule has 27 heavy (non-hydrogen) atoms. The first-order chi connectivity index (χ1) is 13.1. The molecule has 0 unspecified atom stereocenters. The van der Waals surface area contributed by atoms with E-state index < -0.39 is 5.97 Å². The van der Waals surface area contributed by atoms with E-state index in [0.29, 0.717) is 20.9 Å². The Morgan fingerprint density at radius 2 is 1.93 bits per heavy atom. The second kappa shape index (κ2) is 7.05. The predicted octanol–water partition coefficient (Wildman–Crippen LogP) is 2.91. The normalized spacial score (nSPS) is 11.9. The number of hydrogen-bond acceptors (Lipinski definition) is 6. The van der Waals surface area contributed by atoms with Crippen molar-refractivity contribution in [2.45, 2.75) is 0 Å². The van der Waals surface area contributed by atoms with E-state index in [9.17, 15) is 9.59 Å². The van der Waals surface area contributed by atoms with Gasteiger partial charge in [0.15, 0.2) is 5.82 Å². The minimum Gasteiger partial charge on any atom is -0.465 e. The van der Waals surface area contributed by atoms with Crippen LogP contribution in [-0.2, 0) is 4.74 Å². The van der Waals surface area contributed by atoms with Crippen LogP contribution in [0, 0.1) is 0 Å². The zero-order chi connectivity index (χ0) is 19.0. The molecule has 4 rings (SSSR count). The summed E-state index contributed by atoms with van der Waals surface area (Å²) in [6.45, 7) is 0. The van der Waals surface area contributed by atoms with Crippen molar-refractivity contribution in [3.63, 3.8) is 0 Å². The third-order valence-electron chi connectivity index (χ3n) is 3.93. The van der Waals surface area contributed by atoms with Crippen LogP contribution in [0.5, 0.6) is 0 Å². The molecule has 0 amide bonds. The summed E-state index contributed by atoms with van der Waals surface area (Å²) < 4.78 is 7.38. The maximum Gasteiger partial charge on any atom is 0.337 e. The van der Waals surface area contributed by atoms with Gasteiger partial charge >= 0.3 is 5.97 Å². The fourth-order valence-electron chi connectivity index (χ4n) is 2.58.